The van der Waals surface area contributed by atoms with Gasteiger partial charge in [0.25, 0.3) is 0 Å². The van der Waals surface area contributed by atoms with E-state index >= 15 is 0 Å². The largest absolute Gasteiger partial charge is 0.497 e. The quantitative estimate of drug-likeness (QED) is 0.895. The summed E-state index contributed by atoms with van der Waals surface area (Å²) in [5.41, 5.74) is 1.27. The summed E-state index contributed by atoms with van der Waals surface area (Å²) < 4.78 is 5.19. The molecule has 1 aliphatic rings. The lowest BCUT2D eigenvalue weighted by atomic mass is 10.0. The van der Waals surface area contributed by atoms with Crippen LogP contribution in [0.3, 0.4) is 0 Å². The highest BCUT2D eigenvalue weighted by atomic mass is 32.2. The summed E-state index contributed by atoms with van der Waals surface area (Å²) in [4.78, 5) is 12.1. The molecule has 17 heavy (non-hydrogen) atoms. The second-order valence-corrected chi connectivity index (χ2v) is 5.73. The summed E-state index contributed by atoms with van der Waals surface area (Å²) in [5, 5.41) is 9.29. The van der Waals surface area contributed by atoms with Crippen LogP contribution in [-0.2, 0) is 11.2 Å². The van der Waals surface area contributed by atoms with Crippen LogP contribution in [0.25, 0.3) is 0 Å². The van der Waals surface area contributed by atoms with Crippen LogP contribution in [0, 0.1) is 5.92 Å². The predicted molar refractivity (Wildman–Crippen MR) is 67.8 cm³/mol. The maximum Gasteiger partial charge on any atom is 0.306 e. The number of hydrogen-bond donors (Lipinski definition) is 1. The molecule has 1 aromatic rings. The van der Waals surface area contributed by atoms with Gasteiger partial charge in [0.15, 0.2) is 0 Å². The maximum absolute atomic E-state index is 10.8. The standard InChI is InChI=1S/C13H16O3S/c1-8(13(14)15)5-11-7-9-6-10(16-2)3-4-12(9)17-11/h3-4,6,8,11H,5,7H2,1-2H3,(H,14,15). The van der Waals surface area contributed by atoms with Crippen LogP contribution in [0.1, 0.15) is 18.9 Å². The molecule has 0 saturated heterocycles. The second-order valence-electron chi connectivity index (χ2n) is 4.39. The monoisotopic (exact) mass is 252 g/mol. The summed E-state index contributed by atoms with van der Waals surface area (Å²) >= 11 is 1.78. The Morgan fingerprint density at radius 1 is 1.65 bits per heavy atom. The molecular weight excluding hydrogens is 236 g/mol. The number of rotatable bonds is 4. The molecule has 2 unspecified atom stereocenters. The Bertz CT molecular complexity index is 431. The molecule has 0 amide bonds. The lowest BCUT2D eigenvalue weighted by Crippen LogP contribution is -2.15. The summed E-state index contributed by atoms with van der Waals surface area (Å²) in [5.74, 6) is -0.112. The van der Waals surface area contributed by atoms with Crippen molar-refractivity contribution in [1.82, 2.24) is 0 Å². The smallest absolute Gasteiger partial charge is 0.306 e. The fourth-order valence-corrected chi connectivity index (χ4v) is 3.50. The van der Waals surface area contributed by atoms with Gasteiger partial charge in [0.1, 0.15) is 5.75 Å². The molecule has 92 valence electrons. The van der Waals surface area contributed by atoms with Gasteiger partial charge in [-0.1, -0.05) is 6.92 Å². The van der Waals surface area contributed by atoms with Crippen molar-refractivity contribution in [3.8, 4) is 5.75 Å². The number of hydrogen-bond acceptors (Lipinski definition) is 3. The molecule has 0 bridgehead atoms. The SMILES string of the molecule is COc1ccc2c(c1)CC(CC(C)C(=O)O)S2. The van der Waals surface area contributed by atoms with E-state index in [1.807, 2.05) is 12.1 Å². The maximum atomic E-state index is 10.8. The molecule has 2 rings (SSSR count). The molecule has 1 aliphatic heterocycles. The first-order valence-electron chi connectivity index (χ1n) is 5.66. The van der Waals surface area contributed by atoms with Crippen LogP contribution in [-0.4, -0.2) is 23.4 Å². The zero-order valence-corrected chi connectivity index (χ0v) is 10.8. The van der Waals surface area contributed by atoms with Crippen molar-refractivity contribution in [2.45, 2.75) is 29.9 Å². The molecule has 4 heteroatoms. The lowest BCUT2D eigenvalue weighted by Gasteiger charge is -2.11. The Morgan fingerprint density at radius 2 is 2.41 bits per heavy atom. The average Bonchev–Trinajstić information content (AvgIpc) is 2.69. The third-order valence-corrected chi connectivity index (χ3v) is 4.39. The minimum atomic E-state index is -0.709. The Morgan fingerprint density at radius 3 is 3.06 bits per heavy atom. The first-order chi connectivity index (χ1) is 8.10. The number of aliphatic carboxylic acids is 1. The molecule has 0 fully saturated rings. The summed E-state index contributed by atoms with van der Waals surface area (Å²) in [7, 11) is 1.66. The van der Waals surface area contributed by atoms with E-state index in [1.54, 1.807) is 25.8 Å². The Balaban J connectivity index is 2.03. The van der Waals surface area contributed by atoms with Gasteiger partial charge in [-0.15, -0.1) is 11.8 Å². The van der Waals surface area contributed by atoms with Gasteiger partial charge in [-0.05, 0) is 36.6 Å². The highest BCUT2D eigenvalue weighted by Gasteiger charge is 2.26. The Kier molecular flexibility index (Phi) is 3.62. The van der Waals surface area contributed by atoms with Crippen molar-refractivity contribution in [1.29, 1.82) is 0 Å². The fourth-order valence-electron chi connectivity index (χ4n) is 2.05. The van der Waals surface area contributed by atoms with E-state index in [4.69, 9.17) is 9.84 Å². The molecule has 0 radical (unpaired) electrons. The number of methoxy groups -OCH3 is 1. The molecule has 0 spiro atoms. The molecule has 0 saturated carbocycles. The summed E-state index contributed by atoms with van der Waals surface area (Å²) in [6.45, 7) is 1.77. The number of carboxylic acid groups (broad SMARTS) is 1. The number of fused-ring (bicyclic) bond motifs is 1. The van der Waals surface area contributed by atoms with Gasteiger partial charge in [-0.2, -0.15) is 0 Å². The van der Waals surface area contributed by atoms with Crippen LogP contribution in [0.2, 0.25) is 0 Å². The highest BCUT2D eigenvalue weighted by Crippen LogP contribution is 2.41. The van der Waals surface area contributed by atoms with Gasteiger partial charge in [0, 0.05) is 10.1 Å². The van der Waals surface area contributed by atoms with Gasteiger partial charge in [-0.3, -0.25) is 4.79 Å². The van der Waals surface area contributed by atoms with Crippen molar-refractivity contribution in [3.05, 3.63) is 23.8 Å². The molecule has 0 aromatic heterocycles. The number of ether oxygens (including phenoxy) is 1. The number of carbonyl (C=O) groups is 1. The molecule has 3 nitrogen and oxygen atoms in total. The minimum absolute atomic E-state index is 0.274. The molecule has 1 N–H and O–H groups in total. The first kappa shape index (κ1) is 12.3. The van der Waals surface area contributed by atoms with Gasteiger partial charge in [0.05, 0.1) is 13.0 Å². The number of thioether (sulfide) groups is 1. The zero-order chi connectivity index (χ0) is 12.4. The molecule has 1 heterocycles. The topological polar surface area (TPSA) is 46.5 Å². The molecular formula is C13H16O3S. The number of carboxylic acids is 1. The van der Waals surface area contributed by atoms with Crippen LogP contribution in [0.4, 0.5) is 0 Å². The van der Waals surface area contributed by atoms with E-state index in [1.165, 1.54) is 10.5 Å². The second kappa shape index (κ2) is 5.00. The normalized spacial score (nSPS) is 19.8. The van der Waals surface area contributed by atoms with Crippen molar-refractivity contribution in [3.63, 3.8) is 0 Å². The van der Waals surface area contributed by atoms with E-state index < -0.39 is 5.97 Å². The van der Waals surface area contributed by atoms with Crippen LogP contribution >= 0.6 is 11.8 Å². The van der Waals surface area contributed by atoms with Gasteiger partial charge >= 0.3 is 5.97 Å². The fraction of sp³-hybridized carbons (Fsp3) is 0.462. The van der Waals surface area contributed by atoms with Crippen molar-refractivity contribution in [2.75, 3.05) is 7.11 Å². The van der Waals surface area contributed by atoms with E-state index in [2.05, 4.69) is 6.07 Å². The van der Waals surface area contributed by atoms with Crippen LogP contribution < -0.4 is 4.74 Å². The van der Waals surface area contributed by atoms with Crippen LogP contribution in [0.15, 0.2) is 23.1 Å². The highest BCUT2D eigenvalue weighted by molar-refractivity contribution is 8.00. The Hall–Kier alpha value is -1.16. The van der Waals surface area contributed by atoms with Crippen molar-refractivity contribution in [2.24, 2.45) is 5.92 Å². The van der Waals surface area contributed by atoms with Crippen molar-refractivity contribution < 1.29 is 14.6 Å². The molecule has 1 aromatic carbocycles. The van der Waals surface area contributed by atoms with Gasteiger partial charge in [-0.25, -0.2) is 0 Å². The summed E-state index contributed by atoms with van der Waals surface area (Å²) in [6, 6.07) is 6.06. The van der Waals surface area contributed by atoms with E-state index in [9.17, 15) is 4.79 Å². The van der Waals surface area contributed by atoms with E-state index in [0.717, 1.165) is 18.6 Å². The lowest BCUT2D eigenvalue weighted by molar-refractivity contribution is -0.141. The van der Waals surface area contributed by atoms with Crippen molar-refractivity contribution >= 4 is 17.7 Å². The Labute approximate surface area is 105 Å². The first-order valence-corrected chi connectivity index (χ1v) is 6.54. The number of benzene rings is 1. The van der Waals surface area contributed by atoms with Crippen LogP contribution in [0.5, 0.6) is 5.75 Å². The minimum Gasteiger partial charge on any atom is -0.497 e. The van der Waals surface area contributed by atoms with E-state index in [0.29, 0.717) is 5.25 Å². The molecule has 0 aliphatic carbocycles. The third kappa shape index (κ3) is 2.75. The third-order valence-electron chi connectivity index (χ3n) is 3.05. The van der Waals surface area contributed by atoms with E-state index in [-0.39, 0.29) is 5.92 Å². The summed E-state index contributed by atoms with van der Waals surface area (Å²) in [6.07, 6.45) is 1.66. The van der Waals surface area contributed by atoms with Gasteiger partial charge in [0.2, 0.25) is 0 Å². The van der Waals surface area contributed by atoms with Gasteiger partial charge < -0.3 is 9.84 Å². The average molecular weight is 252 g/mol. The zero-order valence-electron chi connectivity index (χ0n) is 9.97. The predicted octanol–water partition coefficient (Wildman–Crippen LogP) is 2.82. The molecule has 2 atom stereocenters.